The molecular formula is C22H24ClN3O2. The first-order valence-electron chi connectivity index (χ1n) is 9.71. The van der Waals surface area contributed by atoms with Crippen LogP contribution in [-0.2, 0) is 9.59 Å². The first-order chi connectivity index (χ1) is 13.6. The van der Waals surface area contributed by atoms with E-state index in [1.165, 1.54) is 5.56 Å². The van der Waals surface area contributed by atoms with Gasteiger partial charge in [-0.1, -0.05) is 48.0 Å². The van der Waals surface area contributed by atoms with Crippen LogP contribution in [0.1, 0.15) is 17.9 Å². The van der Waals surface area contributed by atoms with Crippen LogP contribution in [-0.4, -0.2) is 60.9 Å². The summed E-state index contributed by atoms with van der Waals surface area (Å²) in [5, 5.41) is 0.719. The van der Waals surface area contributed by atoms with E-state index in [0.29, 0.717) is 26.1 Å². The van der Waals surface area contributed by atoms with Gasteiger partial charge in [-0.15, -0.1) is 0 Å². The number of hydrogen-bond donors (Lipinski definition) is 0. The standard InChI is InChI=1S/C22H24ClN3O2/c23-19-7-4-8-20(14-19)24-9-11-25(12-10-24)22(28)16-26-15-18(13-21(26)27)17-5-2-1-3-6-17/h1-8,14,18H,9-13,15-16H2/t18-/m1/s1. The molecule has 2 aromatic rings. The topological polar surface area (TPSA) is 43.9 Å². The Hall–Kier alpha value is -2.53. The molecule has 2 fully saturated rings. The lowest BCUT2D eigenvalue weighted by Gasteiger charge is -2.36. The molecule has 2 saturated heterocycles. The minimum Gasteiger partial charge on any atom is -0.368 e. The summed E-state index contributed by atoms with van der Waals surface area (Å²) in [6, 6.07) is 17.9. The quantitative estimate of drug-likeness (QED) is 0.796. The van der Waals surface area contributed by atoms with Crippen molar-refractivity contribution in [2.24, 2.45) is 0 Å². The van der Waals surface area contributed by atoms with Crippen molar-refractivity contribution in [1.29, 1.82) is 0 Å². The number of amides is 2. The summed E-state index contributed by atoms with van der Waals surface area (Å²) in [4.78, 5) is 30.9. The molecule has 0 N–H and O–H groups in total. The van der Waals surface area contributed by atoms with Crippen LogP contribution in [0, 0.1) is 0 Å². The molecule has 2 amide bonds. The second-order valence-electron chi connectivity index (χ2n) is 7.43. The van der Waals surface area contributed by atoms with Crippen LogP contribution >= 0.6 is 11.6 Å². The van der Waals surface area contributed by atoms with Crippen LogP contribution in [0.2, 0.25) is 5.02 Å². The zero-order valence-corrected chi connectivity index (χ0v) is 16.5. The number of halogens is 1. The summed E-state index contributed by atoms with van der Waals surface area (Å²) in [7, 11) is 0. The molecule has 6 heteroatoms. The first kappa shape index (κ1) is 18.8. The van der Waals surface area contributed by atoms with E-state index < -0.39 is 0 Å². The van der Waals surface area contributed by atoms with Crippen LogP contribution in [0.25, 0.3) is 0 Å². The molecule has 0 bridgehead atoms. The minimum absolute atomic E-state index is 0.0350. The van der Waals surface area contributed by atoms with Crippen molar-refractivity contribution >= 4 is 29.1 Å². The number of carbonyl (C=O) groups is 2. The molecule has 4 rings (SSSR count). The molecule has 2 heterocycles. The molecule has 146 valence electrons. The van der Waals surface area contributed by atoms with E-state index in [-0.39, 0.29) is 24.3 Å². The van der Waals surface area contributed by atoms with E-state index in [2.05, 4.69) is 17.0 Å². The Bertz CT molecular complexity index is 850. The SMILES string of the molecule is O=C(CN1C[C@H](c2ccccc2)CC1=O)N1CCN(c2cccc(Cl)c2)CC1. The van der Waals surface area contributed by atoms with E-state index in [0.717, 1.165) is 23.8 Å². The highest BCUT2D eigenvalue weighted by molar-refractivity contribution is 6.30. The smallest absolute Gasteiger partial charge is 0.242 e. The monoisotopic (exact) mass is 397 g/mol. The fourth-order valence-corrected chi connectivity index (χ4v) is 4.21. The van der Waals surface area contributed by atoms with Crippen molar-refractivity contribution < 1.29 is 9.59 Å². The lowest BCUT2D eigenvalue weighted by atomic mass is 9.99. The molecule has 28 heavy (non-hydrogen) atoms. The van der Waals surface area contributed by atoms with Gasteiger partial charge in [-0.2, -0.15) is 0 Å². The van der Waals surface area contributed by atoms with Gasteiger partial charge in [0.15, 0.2) is 0 Å². The van der Waals surface area contributed by atoms with E-state index >= 15 is 0 Å². The Kier molecular flexibility index (Phi) is 5.53. The van der Waals surface area contributed by atoms with Crippen LogP contribution < -0.4 is 4.90 Å². The summed E-state index contributed by atoms with van der Waals surface area (Å²) < 4.78 is 0. The van der Waals surface area contributed by atoms with E-state index in [4.69, 9.17) is 11.6 Å². The number of likely N-dealkylation sites (tertiary alicyclic amines) is 1. The second kappa shape index (κ2) is 8.23. The lowest BCUT2D eigenvalue weighted by Crippen LogP contribution is -2.51. The Balaban J connectivity index is 1.31. The molecule has 0 saturated carbocycles. The fourth-order valence-electron chi connectivity index (χ4n) is 4.02. The van der Waals surface area contributed by atoms with Crippen LogP contribution in [0.4, 0.5) is 5.69 Å². The molecule has 0 aliphatic carbocycles. The number of nitrogens with zero attached hydrogens (tertiary/aromatic N) is 3. The third-order valence-electron chi connectivity index (χ3n) is 5.62. The zero-order chi connectivity index (χ0) is 19.5. The molecule has 1 atom stereocenters. The third-order valence-corrected chi connectivity index (χ3v) is 5.85. The van der Waals surface area contributed by atoms with Gasteiger partial charge in [0.25, 0.3) is 0 Å². The Morgan fingerprint density at radius 3 is 2.46 bits per heavy atom. The summed E-state index contributed by atoms with van der Waals surface area (Å²) in [6.07, 6.45) is 0.486. The third kappa shape index (κ3) is 4.14. The van der Waals surface area contributed by atoms with E-state index in [9.17, 15) is 9.59 Å². The van der Waals surface area contributed by atoms with Crippen molar-refractivity contribution in [3.63, 3.8) is 0 Å². The van der Waals surface area contributed by atoms with Gasteiger partial charge < -0.3 is 14.7 Å². The maximum Gasteiger partial charge on any atom is 0.242 e. The van der Waals surface area contributed by atoms with Gasteiger partial charge >= 0.3 is 0 Å². The van der Waals surface area contributed by atoms with Crippen molar-refractivity contribution in [3.05, 3.63) is 65.2 Å². The largest absolute Gasteiger partial charge is 0.368 e. The molecule has 2 aliphatic rings. The zero-order valence-electron chi connectivity index (χ0n) is 15.8. The van der Waals surface area contributed by atoms with Crippen LogP contribution in [0.3, 0.4) is 0 Å². The van der Waals surface area contributed by atoms with Gasteiger partial charge in [0.1, 0.15) is 0 Å². The van der Waals surface area contributed by atoms with Crippen molar-refractivity contribution in [1.82, 2.24) is 9.80 Å². The van der Waals surface area contributed by atoms with Gasteiger partial charge in [-0.3, -0.25) is 9.59 Å². The van der Waals surface area contributed by atoms with E-state index in [1.54, 1.807) is 4.90 Å². The highest BCUT2D eigenvalue weighted by atomic mass is 35.5. The average molecular weight is 398 g/mol. The predicted molar refractivity (Wildman–Crippen MR) is 111 cm³/mol. The summed E-state index contributed by atoms with van der Waals surface area (Å²) in [5.74, 6) is 0.286. The van der Waals surface area contributed by atoms with Gasteiger partial charge in [0.05, 0.1) is 6.54 Å². The Morgan fingerprint density at radius 2 is 1.75 bits per heavy atom. The van der Waals surface area contributed by atoms with Crippen molar-refractivity contribution in [2.75, 3.05) is 44.2 Å². The second-order valence-corrected chi connectivity index (χ2v) is 7.87. The number of piperazine rings is 1. The molecule has 0 unspecified atom stereocenters. The minimum atomic E-state index is 0.0350. The molecule has 5 nitrogen and oxygen atoms in total. The van der Waals surface area contributed by atoms with Crippen LogP contribution in [0.5, 0.6) is 0 Å². The molecule has 0 spiro atoms. The summed E-state index contributed by atoms with van der Waals surface area (Å²) in [5.41, 5.74) is 2.25. The molecule has 2 aliphatic heterocycles. The Labute approximate surface area is 170 Å². The number of carbonyl (C=O) groups excluding carboxylic acids is 2. The number of benzene rings is 2. The van der Waals surface area contributed by atoms with Gasteiger partial charge in [-0.05, 0) is 23.8 Å². The van der Waals surface area contributed by atoms with E-state index in [1.807, 2.05) is 47.4 Å². The average Bonchev–Trinajstić information content (AvgIpc) is 3.09. The lowest BCUT2D eigenvalue weighted by molar-refractivity contribution is -0.138. The normalized spacial score (nSPS) is 20.0. The van der Waals surface area contributed by atoms with Gasteiger partial charge in [0, 0.05) is 55.8 Å². The summed E-state index contributed by atoms with van der Waals surface area (Å²) in [6.45, 7) is 3.67. The number of anilines is 1. The molecular weight excluding hydrogens is 374 g/mol. The van der Waals surface area contributed by atoms with Crippen LogP contribution in [0.15, 0.2) is 54.6 Å². The fraction of sp³-hybridized carbons (Fsp3) is 0.364. The predicted octanol–water partition coefficient (Wildman–Crippen LogP) is 3.00. The van der Waals surface area contributed by atoms with Gasteiger partial charge in [0.2, 0.25) is 11.8 Å². The molecule has 0 radical (unpaired) electrons. The number of rotatable bonds is 4. The highest BCUT2D eigenvalue weighted by Gasteiger charge is 2.33. The maximum absolute atomic E-state index is 12.7. The molecule has 0 aromatic heterocycles. The maximum atomic E-state index is 12.7. The first-order valence-corrected chi connectivity index (χ1v) is 10.1. The van der Waals surface area contributed by atoms with Crippen molar-refractivity contribution in [3.8, 4) is 0 Å². The Morgan fingerprint density at radius 1 is 1.00 bits per heavy atom. The molecule has 2 aromatic carbocycles. The van der Waals surface area contributed by atoms with Gasteiger partial charge in [-0.25, -0.2) is 0 Å². The summed E-state index contributed by atoms with van der Waals surface area (Å²) >= 11 is 6.08. The highest BCUT2D eigenvalue weighted by Crippen LogP contribution is 2.28. The number of hydrogen-bond acceptors (Lipinski definition) is 3. The van der Waals surface area contributed by atoms with Crippen molar-refractivity contribution in [2.45, 2.75) is 12.3 Å².